The maximum Gasteiger partial charge on any atom is 0.416 e. The zero-order valence-electron chi connectivity index (χ0n) is 17.7. The summed E-state index contributed by atoms with van der Waals surface area (Å²) in [6.45, 7) is 1.43. The number of amides is 2. The van der Waals surface area contributed by atoms with Crippen LogP contribution in [0.25, 0.3) is 10.6 Å². The Morgan fingerprint density at radius 1 is 1.00 bits per heavy atom. The number of halogens is 3. The number of nitrogens with one attached hydrogen (secondary N) is 1. The van der Waals surface area contributed by atoms with Crippen molar-refractivity contribution in [2.75, 3.05) is 18.4 Å². The minimum Gasteiger partial charge on any atom is -0.339 e. The van der Waals surface area contributed by atoms with Crippen LogP contribution >= 0.6 is 11.3 Å². The van der Waals surface area contributed by atoms with E-state index in [1.807, 2.05) is 4.90 Å². The van der Waals surface area contributed by atoms with E-state index in [0.717, 1.165) is 31.4 Å². The number of para-hydroxylation sites is 1. The fraction of sp³-hybridized carbons (Fsp3) is 0.292. The number of rotatable bonds is 5. The molecule has 5 nitrogen and oxygen atoms in total. The van der Waals surface area contributed by atoms with Crippen molar-refractivity contribution in [3.8, 4) is 10.6 Å². The van der Waals surface area contributed by atoms with Crippen molar-refractivity contribution in [1.29, 1.82) is 0 Å². The molecule has 0 spiro atoms. The molecule has 2 heterocycles. The number of anilines is 1. The first kappa shape index (κ1) is 23.0. The van der Waals surface area contributed by atoms with Crippen LogP contribution in [0.4, 0.5) is 18.9 Å². The molecule has 3 aromatic rings. The zero-order chi connectivity index (χ0) is 23.4. The molecule has 0 saturated carbocycles. The molecule has 0 unspecified atom stereocenters. The van der Waals surface area contributed by atoms with Crippen LogP contribution in [0.2, 0.25) is 0 Å². The topological polar surface area (TPSA) is 62.3 Å². The molecule has 0 atom stereocenters. The molecule has 9 heteroatoms. The molecule has 1 aliphatic rings. The number of nitrogens with zero attached hydrogens (tertiary/aromatic N) is 2. The first-order chi connectivity index (χ1) is 15.8. The molecule has 172 valence electrons. The highest BCUT2D eigenvalue weighted by molar-refractivity contribution is 7.13. The smallest absolute Gasteiger partial charge is 0.339 e. The van der Waals surface area contributed by atoms with E-state index in [2.05, 4.69) is 10.3 Å². The molecule has 33 heavy (non-hydrogen) atoms. The summed E-state index contributed by atoms with van der Waals surface area (Å²) < 4.78 is 38.3. The number of alkyl halides is 3. The molecule has 1 N–H and O–H groups in total. The van der Waals surface area contributed by atoms with Crippen molar-refractivity contribution in [2.24, 2.45) is 0 Å². The molecule has 1 aromatic heterocycles. The van der Waals surface area contributed by atoms with Gasteiger partial charge in [0.25, 0.3) is 5.91 Å². The Kier molecular flexibility index (Phi) is 6.78. The van der Waals surface area contributed by atoms with E-state index < -0.39 is 11.7 Å². The molecular formula is C24H22F3N3O2S. The lowest BCUT2D eigenvalue weighted by molar-refractivity contribution is -0.137. The van der Waals surface area contributed by atoms with Crippen molar-refractivity contribution >= 4 is 28.8 Å². The van der Waals surface area contributed by atoms with E-state index in [0.29, 0.717) is 40.6 Å². The predicted octanol–water partition coefficient (Wildman–Crippen LogP) is 5.64. The molecule has 1 aliphatic heterocycles. The van der Waals surface area contributed by atoms with Crippen molar-refractivity contribution in [1.82, 2.24) is 9.88 Å². The number of hydrogen-bond acceptors (Lipinski definition) is 4. The van der Waals surface area contributed by atoms with Gasteiger partial charge in [0.05, 0.1) is 28.9 Å². The number of carbonyl (C=O) groups is 2. The van der Waals surface area contributed by atoms with Crippen molar-refractivity contribution < 1.29 is 22.8 Å². The lowest BCUT2D eigenvalue weighted by Gasteiger charge is -2.27. The summed E-state index contributed by atoms with van der Waals surface area (Å²) in [4.78, 5) is 31.7. The quantitative estimate of drug-likeness (QED) is 0.522. The first-order valence-corrected chi connectivity index (χ1v) is 11.5. The molecule has 0 bridgehead atoms. The summed E-state index contributed by atoms with van der Waals surface area (Å²) in [6, 6.07) is 11.7. The number of carbonyl (C=O) groups excluding carboxylic acids is 2. The highest BCUT2D eigenvalue weighted by Gasteiger charge is 2.30. The van der Waals surface area contributed by atoms with Gasteiger partial charge in [0.1, 0.15) is 5.01 Å². The molecule has 2 aromatic carbocycles. The van der Waals surface area contributed by atoms with E-state index in [1.165, 1.54) is 23.5 Å². The van der Waals surface area contributed by atoms with Gasteiger partial charge < -0.3 is 10.2 Å². The van der Waals surface area contributed by atoms with E-state index in [-0.39, 0.29) is 18.2 Å². The molecule has 4 rings (SSSR count). The zero-order valence-corrected chi connectivity index (χ0v) is 18.5. The van der Waals surface area contributed by atoms with Gasteiger partial charge in [0.15, 0.2) is 0 Å². The van der Waals surface area contributed by atoms with Crippen LogP contribution in [-0.2, 0) is 17.4 Å². The number of piperidine rings is 1. The Bertz CT molecular complexity index is 1140. The Morgan fingerprint density at radius 3 is 2.39 bits per heavy atom. The average Bonchev–Trinajstić information content (AvgIpc) is 3.27. The number of likely N-dealkylation sites (tertiary alicyclic amines) is 1. The lowest BCUT2D eigenvalue weighted by atomic mass is 10.1. The van der Waals surface area contributed by atoms with Crippen LogP contribution in [-0.4, -0.2) is 34.8 Å². The second-order valence-electron chi connectivity index (χ2n) is 7.84. The summed E-state index contributed by atoms with van der Waals surface area (Å²) in [6.07, 6.45) is -1.33. The number of aromatic nitrogens is 1. The van der Waals surface area contributed by atoms with Gasteiger partial charge in [-0.2, -0.15) is 13.2 Å². The number of hydrogen-bond donors (Lipinski definition) is 1. The van der Waals surface area contributed by atoms with E-state index in [1.54, 1.807) is 29.6 Å². The van der Waals surface area contributed by atoms with Gasteiger partial charge in [0, 0.05) is 24.0 Å². The third-order valence-electron chi connectivity index (χ3n) is 5.43. The first-order valence-electron chi connectivity index (χ1n) is 10.6. The molecule has 2 amide bonds. The second-order valence-corrected chi connectivity index (χ2v) is 8.70. The summed E-state index contributed by atoms with van der Waals surface area (Å²) in [7, 11) is 0. The van der Waals surface area contributed by atoms with Gasteiger partial charge >= 0.3 is 6.18 Å². The Labute approximate surface area is 193 Å². The maximum atomic E-state index is 12.9. The van der Waals surface area contributed by atoms with Crippen molar-refractivity contribution in [2.45, 2.75) is 31.9 Å². The molecule has 1 fully saturated rings. The Hall–Kier alpha value is -3.20. The van der Waals surface area contributed by atoms with Crippen molar-refractivity contribution in [3.05, 3.63) is 70.7 Å². The van der Waals surface area contributed by atoms with Gasteiger partial charge in [-0.1, -0.05) is 24.3 Å². The number of thiazole rings is 1. The van der Waals surface area contributed by atoms with Gasteiger partial charge in [0.2, 0.25) is 5.91 Å². The highest BCUT2D eigenvalue weighted by atomic mass is 32.1. The summed E-state index contributed by atoms with van der Waals surface area (Å²) in [5.41, 5.74) is 1.25. The third kappa shape index (κ3) is 5.60. The molecule has 1 saturated heterocycles. The van der Waals surface area contributed by atoms with Crippen LogP contribution in [0.5, 0.6) is 0 Å². The van der Waals surface area contributed by atoms with Crippen LogP contribution in [0, 0.1) is 0 Å². The summed E-state index contributed by atoms with van der Waals surface area (Å²) in [5.74, 6) is -0.415. The van der Waals surface area contributed by atoms with Crippen LogP contribution < -0.4 is 5.32 Å². The second kappa shape index (κ2) is 9.74. The third-order valence-corrected chi connectivity index (χ3v) is 6.37. The largest absolute Gasteiger partial charge is 0.416 e. The highest BCUT2D eigenvalue weighted by Crippen LogP contribution is 2.32. The lowest BCUT2D eigenvalue weighted by Crippen LogP contribution is -2.36. The van der Waals surface area contributed by atoms with E-state index in [4.69, 9.17) is 0 Å². The molecule has 0 radical (unpaired) electrons. The summed E-state index contributed by atoms with van der Waals surface area (Å²) in [5, 5.41) is 5.05. The Balaban J connectivity index is 1.42. The molecule has 0 aliphatic carbocycles. The van der Waals surface area contributed by atoms with Gasteiger partial charge in [-0.15, -0.1) is 11.3 Å². The van der Waals surface area contributed by atoms with Gasteiger partial charge in [-0.05, 0) is 43.5 Å². The van der Waals surface area contributed by atoms with Gasteiger partial charge in [-0.25, -0.2) is 4.98 Å². The van der Waals surface area contributed by atoms with E-state index in [9.17, 15) is 22.8 Å². The fourth-order valence-electron chi connectivity index (χ4n) is 3.73. The van der Waals surface area contributed by atoms with Crippen molar-refractivity contribution in [3.63, 3.8) is 0 Å². The van der Waals surface area contributed by atoms with Crippen LogP contribution in [0.15, 0.2) is 53.9 Å². The minimum atomic E-state index is -4.39. The van der Waals surface area contributed by atoms with E-state index >= 15 is 0 Å². The van der Waals surface area contributed by atoms with Gasteiger partial charge in [-0.3, -0.25) is 9.59 Å². The normalized spacial score (nSPS) is 14.2. The van der Waals surface area contributed by atoms with Crippen LogP contribution in [0.3, 0.4) is 0 Å². The maximum absolute atomic E-state index is 12.9. The SMILES string of the molecule is O=C(Cc1csc(-c2ccc(C(F)(F)F)cc2)n1)Nc1ccccc1C(=O)N1CCCCC1. The fourth-order valence-corrected chi connectivity index (χ4v) is 4.55. The predicted molar refractivity (Wildman–Crippen MR) is 121 cm³/mol. The minimum absolute atomic E-state index is 0.0105. The van der Waals surface area contributed by atoms with Crippen LogP contribution in [0.1, 0.15) is 40.9 Å². The molecular weight excluding hydrogens is 451 g/mol. The monoisotopic (exact) mass is 473 g/mol. The standard InChI is InChI=1S/C24H22F3N3O2S/c25-24(26,27)17-10-8-16(9-11-17)22-28-18(15-33-22)14-21(31)29-20-7-3-2-6-19(20)23(32)30-12-4-1-5-13-30/h2-3,6-11,15H,1,4-5,12-14H2,(H,29,31). The number of benzene rings is 2. The average molecular weight is 474 g/mol. The Morgan fingerprint density at radius 2 is 1.70 bits per heavy atom. The summed E-state index contributed by atoms with van der Waals surface area (Å²) >= 11 is 1.26.